The fourth-order valence-corrected chi connectivity index (χ4v) is 2.74. The Hall–Kier alpha value is -2.76. The molecule has 3 rings (SSSR count). The summed E-state index contributed by atoms with van der Waals surface area (Å²) in [5, 5.41) is 9.05. The first-order valence-electron chi connectivity index (χ1n) is 8.31. The van der Waals surface area contributed by atoms with Crippen LogP contribution in [0.15, 0.2) is 36.4 Å². The number of anilines is 2. The Kier molecular flexibility index (Phi) is 4.55. The van der Waals surface area contributed by atoms with Crippen LogP contribution in [0, 0.1) is 0 Å². The lowest BCUT2D eigenvalue weighted by Gasteiger charge is -2.20. The Bertz CT molecular complexity index is 821. The largest absolute Gasteiger partial charge is 0.492 e. The molecule has 0 aliphatic heterocycles. The van der Waals surface area contributed by atoms with Gasteiger partial charge in [0.25, 0.3) is 0 Å². The van der Waals surface area contributed by atoms with E-state index in [9.17, 15) is 0 Å². The van der Waals surface area contributed by atoms with Crippen molar-refractivity contribution in [2.75, 3.05) is 30.3 Å². The number of rotatable bonds is 6. The van der Waals surface area contributed by atoms with Gasteiger partial charge in [0, 0.05) is 24.8 Å². The highest BCUT2D eigenvalue weighted by Gasteiger charge is 2.10. The van der Waals surface area contributed by atoms with Crippen molar-refractivity contribution < 1.29 is 4.74 Å². The SMILES string of the molecule is CCOc1cc2nn(-c3ccc(N(CC)CC)cc3)nc2cc1N. The monoisotopic (exact) mass is 325 g/mol. The van der Waals surface area contributed by atoms with E-state index >= 15 is 0 Å². The normalized spacial score (nSPS) is 11.0. The first-order valence-corrected chi connectivity index (χ1v) is 8.31. The van der Waals surface area contributed by atoms with E-state index in [4.69, 9.17) is 10.5 Å². The van der Waals surface area contributed by atoms with Gasteiger partial charge in [-0.05, 0) is 51.1 Å². The van der Waals surface area contributed by atoms with E-state index in [1.54, 1.807) is 10.9 Å². The number of benzene rings is 2. The van der Waals surface area contributed by atoms with Crippen LogP contribution < -0.4 is 15.4 Å². The van der Waals surface area contributed by atoms with Crippen molar-refractivity contribution in [3.05, 3.63) is 36.4 Å². The van der Waals surface area contributed by atoms with Crippen LogP contribution in [-0.4, -0.2) is 34.7 Å². The van der Waals surface area contributed by atoms with Crippen LogP contribution in [0.5, 0.6) is 5.75 Å². The van der Waals surface area contributed by atoms with E-state index in [0.29, 0.717) is 18.0 Å². The second-order valence-corrected chi connectivity index (χ2v) is 5.49. The Morgan fingerprint density at radius 2 is 1.62 bits per heavy atom. The lowest BCUT2D eigenvalue weighted by atomic mass is 10.2. The molecule has 1 aromatic heterocycles. The molecule has 0 spiro atoms. The highest BCUT2D eigenvalue weighted by Crippen LogP contribution is 2.27. The molecular weight excluding hydrogens is 302 g/mol. The fraction of sp³-hybridized carbons (Fsp3) is 0.333. The second-order valence-electron chi connectivity index (χ2n) is 5.49. The van der Waals surface area contributed by atoms with Crippen molar-refractivity contribution in [2.45, 2.75) is 20.8 Å². The predicted octanol–water partition coefficient (Wildman–Crippen LogP) is 3.25. The molecule has 2 aromatic carbocycles. The van der Waals surface area contributed by atoms with Crippen LogP contribution in [0.2, 0.25) is 0 Å². The molecule has 6 heteroatoms. The molecule has 0 aliphatic carbocycles. The Labute approximate surface area is 141 Å². The lowest BCUT2D eigenvalue weighted by molar-refractivity contribution is 0.342. The summed E-state index contributed by atoms with van der Waals surface area (Å²) in [7, 11) is 0. The number of nitrogens with two attached hydrogens (primary N) is 1. The number of nitrogen functional groups attached to an aromatic ring is 1. The third-order valence-corrected chi connectivity index (χ3v) is 4.02. The summed E-state index contributed by atoms with van der Waals surface area (Å²) >= 11 is 0. The Morgan fingerprint density at radius 3 is 2.21 bits per heavy atom. The maximum absolute atomic E-state index is 6.00. The lowest BCUT2D eigenvalue weighted by Crippen LogP contribution is -2.21. The van der Waals surface area contributed by atoms with Gasteiger partial charge in [0.2, 0.25) is 0 Å². The third kappa shape index (κ3) is 2.99. The van der Waals surface area contributed by atoms with E-state index in [0.717, 1.165) is 29.8 Å². The van der Waals surface area contributed by atoms with Crippen molar-refractivity contribution in [1.82, 2.24) is 15.0 Å². The average Bonchev–Trinajstić information content (AvgIpc) is 3.00. The summed E-state index contributed by atoms with van der Waals surface area (Å²) in [6.07, 6.45) is 0. The van der Waals surface area contributed by atoms with Gasteiger partial charge >= 0.3 is 0 Å². The molecule has 0 aliphatic rings. The summed E-state index contributed by atoms with van der Waals surface area (Å²) in [5.41, 5.74) is 10.2. The molecule has 0 saturated carbocycles. The van der Waals surface area contributed by atoms with Gasteiger partial charge in [-0.2, -0.15) is 4.80 Å². The molecule has 3 aromatic rings. The summed E-state index contributed by atoms with van der Waals surface area (Å²) in [6.45, 7) is 8.77. The van der Waals surface area contributed by atoms with Gasteiger partial charge in [-0.25, -0.2) is 0 Å². The van der Waals surface area contributed by atoms with Gasteiger partial charge in [-0.15, -0.1) is 10.2 Å². The minimum absolute atomic E-state index is 0.566. The molecule has 0 atom stereocenters. The van der Waals surface area contributed by atoms with E-state index in [-0.39, 0.29) is 0 Å². The molecule has 24 heavy (non-hydrogen) atoms. The van der Waals surface area contributed by atoms with Crippen LogP contribution in [-0.2, 0) is 0 Å². The smallest absolute Gasteiger partial charge is 0.144 e. The average molecular weight is 325 g/mol. The van der Waals surface area contributed by atoms with Gasteiger partial charge in [-0.1, -0.05) is 0 Å². The van der Waals surface area contributed by atoms with Crippen molar-refractivity contribution in [1.29, 1.82) is 0 Å². The number of nitrogens with zero attached hydrogens (tertiary/aromatic N) is 4. The number of hydrogen-bond acceptors (Lipinski definition) is 5. The summed E-state index contributed by atoms with van der Waals surface area (Å²) in [6, 6.07) is 11.9. The van der Waals surface area contributed by atoms with Crippen LogP contribution >= 0.6 is 0 Å². The van der Waals surface area contributed by atoms with E-state index in [2.05, 4.69) is 41.1 Å². The zero-order valence-electron chi connectivity index (χ0n) is 14.4. The predicted molar refractivity (Wildman–Crippen MR) is 98.0 cm³/mol. The molecule has 0 radical (unpaired) electrons. The van der Waals surface area contributed by atoms with Gasteiger partial charge in [0.15, 0.2) is 0 Å². The van der Waals surface area contributed by atoms with Crippen molar-refractivity contribution >= 4 is 22.4 Å². The standard InChI is InChI=1S/C18H23N5O/c1-4-22(5-2)13-7-9-14(10-8-13)23-20-16-11-15(19)18(24-6-3)12-17(16)21-23/h7-12H,4-6,19H2,1-3H3. The molecule has 0 saturated heterocycles. The fourth-order valence-electron chi connectivity index (χ4n) is 2.74. The molecule has 0 amide bonds. The van der Waals surface area contributed by atoms with Crippen molar-refractivity contribution in [2.24, 2.45) is 0 Å². The number of aromatic nitrogens is 3. The Balaban J connectivity index is 1.94. The van der Waals surface area contributed by atoms with Crippen LogP contribution in [0.4, 0.5) is 11.4 Å². The Morgan fingerprint density at radius 1 is 1.00 bits per heavy atom. The van der Waals surface area contributed by atoms with E-state index < -0.39 is 0 Å². The minimum Gasteiger partial charge on any atom is -0.492 e. The van der Waals surface area contributed by atoms with Crippen molar-refractivity contribution in [3.8, 4) is 11.4 Å². The molecule has 126 valence electrons. The molecule has 0 unspecified atom stereocenters. The van der Waals surface area contributed by atoms with Crippen molar-refractivity contribution in [3.63, 3.8) is 0 Å². The molecular formula is C18H23N5O. The quantitative estimate of drug-likeness (QED) is 0.705. The van der Waals surface area contributed by atoms with Crippen LogP contribution in [0.3, 0.4) is 0 Å². The molecule has 0 bridgehead atoms. The summed E-state index contributed by atoms with van der Waals surface area (Å²) in [4.78, 5) is 3.93. The van der Waals surface area contributed by atoms with Gasteiger partial charge in [0.05, 0.1) is 18.0 Å². The van der Waals surface area contributed by atoms with Crippen LogP contribution in [0.25, 0.3) is 16.7 Å². The zero-order valence-corrected chi connectivity index (χ0v) is 14.4. The summed E-state index contributed by atoms with van der Waals surface area (Å²) in [5.74, 6) is 0.647. The zero-order chi connectivity index (χ0) is 17.1. The molecule has 0 fully saturated rings. The number of ether oxygens (including phenoxy) is 1. The highest BCUT2D eigenvalue weighted by molar-refractivity contribution is 5.81. The highest BCUT2D eigenvalue weighted by atomic mass is 16.5. The van der Waals surface area contributed by atoms with Gasteiger partial charge in [0.1, 0.15) is 16.8 Å². The van der Waals surface area contributed by atoms with Gasteiger partial charge < -0.3 is 15.4 Å². The second kappa shape index (κ2) is 6.78. The number of hydrogen-bond donors (Lipinski definition) is 1. The van der Waals surface area contributed by atoms with Crippen LogP contribution in [0.1, 0.15) is 20.8 Å². The molecule has 2 N–H and O–H groups in total. The summed E-state index contributed by atoms with van der Waals surface area (Å²) < 4.78 is 5.52. The third-order valence-electron chi connectivity index (χ3n) is 4.02. The van der Waals surface area contributed by atoms with E-state index in [1.807, 2.05) is 25.1 Å². The first kappa shape index (κ1) is 16.1. The molecule has 6 nitrogen and oxygen atoms in total. The maximum atomic E-state index is 6.00. The maximum Gasteiger partial charge on any atom is 0.144 e. The topological polar surface area (TPSA) is 69.2 Å². The number of fused-ring (bicyclic) bond motifs is 1. The van der Waals surface area contributed by atoms with E-state index in [1.165, 1.54) is 5.69 Å². The van der Waals surface area contributed by atoms with Gasteiger partial charge in [-0.3, -0.25) is 0 Å². The molecule has 1 heterocycles. The minimum atomic E-state index is 0.566. The first-order chi connectivity index (χ1) is 11.7.